The zero-order valence-electron chi connectivity index (χ0n) is 10.4. The Morgan fingerprint density at radius 3 is 2.89 bits per heavy atom. The molecule has 1 aromatic carbocycles. The summed E-state index contributed by atoms with van der Waals surface area (Å²) in [6.45, 7) is 2.71. The lowest BCUT2D eigenvalue weighted by Gasteiger charge is -2.10. The number of para-hydroxylation sites is 1. The lowest BCUT2D eigenvalue weighted by molar-refractivity contribution is 0.0937. The minimum absolute atomic E-state index is 0.0583. The minimum Gasteiger partial charge on any atom is -0.481 e. The van der Waals surface area contributed by atoms with Crippen LogP contribution in [0.4, 0.5) is 0 Å². The molecular weight excluding hydrogens is 230 g/mol. The van der Waals surface area contributed by atoms with Gasteiger partial charge in [-0.2, -0.15) is 0 Å². The number of aliphatic hydroxyl groups is 1. The monoisotopic (exact) mass is 249 g/mol. The van der Waals surface area contributed by atoms with Crippen LogP contribution in [0, 0.1) is 12.3 Å². The van der Waals surface area contributed by atoms with Crippen LogP contribution in [0.1, 0.15) is 5.56 Å². The first kappa shape index (κ1) is 14.5. The summed E-state index contributed by atoms with van der Waals surface area (Å²) in [6.07, 6.45) is 5.17. The van der Waals surface area contributed by atoms with Gasteiger partial charge in [-0.15, -0.1) is 6.42 Å². The quantitative estimate of drug-likeness (QED) is 0.502. The topological polar surface area (TPSA) is 50.7 Å². The van der Waals surface area contributed by atoms with Gasteiger partial charge in [0.15, 0.2) is 0 Å². The van der Waals surface area contributed by atoms with E-state index in [1.54, 1.807) is 0 Å². The van der Waals surface area contributed by atoms with Crippen LogP contribution >= 0.6 is 0 Å². The third-order valence-electron chi connectivity index (χ3n) is 2.26. The molecule has 0 amide bonds. The summed E-state index contributed by atoms with van der Waals surface area (Å²) in [6, 6.07) is 7.77. The van der Waals surface area contributed by atoms with Crippen molar-refractivity contribution in [2.75, 3.05) is 33.0 Å². The zero-order chi connectivity index (χ0) is 13.1. The summed E-state index contributed by atoms with van der Waals surface area (Å²) in [5.41, 5.74) is 1.06. The molecule has 0 bridgehead atoms. The van der Waals surface area contributed by atoms with Gasteiger partial charge in [0.05, 0.1) is 19.8 Å². The Bertz CT molecular complexity index is 374. The van der Waals surface area contributed by atoms with Gasteiger partial charge in [0.1, 0.15) is 12.4 Å². The van der Waals surface area contributed by atoms with Crippen molar-refractivity contribution in [3.63, 3.8) is 0 Å². The molecule has 1 aromatic rings. The van der Waals surface area contributed by atoms with Gasteiger partial charge in [-0.1, -0.05) is 24.1 Å². The standard InChI is InChI=1S/C14H19NO3/c1-2-9-18-14-6-4-3-5-13(14)12-15-7-10-17-11-8-16/h1,3-6,15-16H,7-12H2. The van der Waals surface area contributed by atoms with Crippen LogP contribution in [0.3, 0.4) is 0 Å². The zero-order valence-corrected chi connectivity index (χ0v) is 10.4. The normalized spacial score (nSPS) is 10.0. The fourth-order valence-corrected chi connectivity index (χ4v) is 1.44. The number of nitrogens with one attached hydrogen (secondary N) is 1. The number of aliphatic hydroxyl groups excluding tert-OH is 1. The van der Waals surface area contributed by atoms with Crippen molar-refractivity contribution in [1.29, 1.82) is 0 Å². The Kier molecular flexibility index (Phi) is 7.65. The maximum atomic E-state index is 8.54. The van der Waals surface area contributed by atoms with Gasteiger partial charge in [0.2, 0.25) is 0 Å². The molecule has 2 N–H and O–H groups in total. The highest BCUT2D eigenvalue weighted by Gasteiger charge is 2.01. The molecule has 0 atom stereocenters. The van der Waals surface area contributed by atoms with Crippen molar-refractivity contribution in [3.8, 4) is 18.1 Å². The van der Waals surface area contributed by atoms with Crippen LogP contribution in [0.15, 0.2) is 24.3 Å². The molecule has 0 heterocycles. The van der Waals surface area contributed by atoms with E-state index in [-0.39, 0.29) is 13.2 Å². The molecule has 0 fully saturated rings. The van der Waals surface area contributed by atoms with Crippen molar-refractivity contribution >= 4 is 0 Å². The van der Waals surface area contributed by atoms with E-state index in [2.05, 4.69) is 11.2 Å². The number of rotatable bonds is 9. The Morgan fingerprint density at radius 2 is 2.11 bits per heavy atom. The number of benzene rings is 1. The highest BCUT2D eigenvalue weighted by molar-refractivity contribution is 5.33. The van der Waals surface area contributed by atoms with Crippen LogP contribution in [0.25, 0.3) is 0 Å². The maximum absolute atomic E-state index is 8.54. The van der Waals surface area contributed by atoms with Crippen LogP contribution in [0.5, 0.6) is 5.75 Å². The van der Waals surface area contributed by atoms with E-state index < -0.39 is 0 Å². The largest absolute Gasteiger partial charge is 0.481 e. The fourth-order valence-electron chi connectivity index (χ4n) is 1.44. The molecule has 98 valence electrons. The second-order valence-corrected chi connectivity index (χ2v) is 3.61. The summed E-state index contributed by atoms with van der Waals surface area (Å²) >= 11 is 0. The Labute approximate surface area is 108 Å². The first-order valence-corrected chi connectivity index (χ1v) is 5.92. The predicted octanol–water partition coefficient (Wildman–Crippen LogP) is 0.797. The molecule has 0 aliphatic rings. The maximum Gasteiger partial charge on any atom is 0.148 e. The van der Waals surface area contributed by atoms with E-state index in [1.165, 1.54) is 0 Å². The van der Waals surface area contributed by atoms with E-state index in [0.717, 1.165) is 17.9 Å². The third-order valence-corrected chi connectivity index (χ3v) is 2.26. The van der Waals surface area contributed by atoms with Gasteiger partial charge in [-0.3, -0.25) is 0 Å². The van der Waals surface area contributed by atoms with Gasteiger partial charge in [-0.25, -0.2) is 0 Å². The summed E-state index contributed by atoms with van der Waals surface area (Å²) in [4.78, 5) is 0. The molecule has 0 spiro atoms. The average Bonchev–Trinajstić information content (AvgIpc) is 2.41. The second kappa shape index (κ2) is 9.49. The molecule has 1 rings (SSSR count). The van der Waals surface area contributed by atoms with Crippen molar-refractivity contribution < 1.29 is 14.6 Å². The summed E-state index contributed by atoms with van der Waals surface area (Å²) < 4.78 is 10.6. The first-order chi connectivity index (χ1) is 8.88. The average molecular weight is 249 g/mol. The SMILES string of the molecule is C#CCOc1ccccc1CNCCOCCO. The molecule has 0 saturated carbocycles. The Hall–Kier alpha value is -1.54. The number of ether oxygens (including phenoxy) is 2. The van der Waals surface area contributed by atoms with Gasteiger partial charge in [0.25, 0.3) is 0 Å². The van der Waals surface area contributed by atoms with Crippen LogP contribution in [0.2, 0.25) is 0 Å². The van der Waals surface area contributed by atoms with E-state index >= 15 is 0 Å². The molecule has 4 nitrogen and oxygen atoms in total. The van der Waals surface area contributed by atoms with Crippen LogP contribution in [-0.2, 0) is 11.3 Å². The molecule has 0 aliphatic heterocycles. The minimum atomic E-state index is 0.0583. The Balaban J connectivity index is 2.30. The molecule has 4 heteroatoms. The van der Waals surface area contributed by atoms with Crippen molar-refractivity contribution in [2.24, 2.45) is 0 Å². The van der Waals surface area contributed by atoms with Crippen molar-refractivity contribution in [1.82, 2.24) is 5.32 Å². The van der Waals surface area contributed by atoms with E-state index in [9.17, 15) is 0 Å². The highest BCUT2D eigenvalue weighted by atomic mass is 16.5. The molecule has 18 heavy (non-hydrogen) atoms. The second-order valence-electron chi connectivity index (χ2n) is 3.61. The van der Waals surface area contributed by atoms with Gasteiger partial charge in [-0.05, 0) is 6.07 Å². The lowest BCUT2D eigenvalue weighted by Crippen LogP contribution is -2.20. The molecule has 0 aliphatic carbocycles. The molecule has 0 aromatic heterocycles. The smallest absolute Gasteiger partial charge is 0.148 e. The summed E-state index contributed by atoms with van der Waals surface area (Å²) in [7, 11) is 0. The Morgan fingerprint density at radius 1 is 1.28 bits per heavy atom. The number of hydrogen-bond acceptors (Lipinski definition) is 4. The number of terminal acetylenes is 1. The van der Waals surface area contributed by atoms with Crippen LogP contribution < -0.4 is 10.1 Å². The highest BCUT2D eigenvalue weighted by Crippen LogP contribution is 2.17. The lowest BCUT2D eigenvalue weighted by atomic mass is 10.2. The summed E-state index contributed by atoms with van der Waals surface area (Å²) in [5.74, 6) is 3.25. The van der Waals surface area contributed by atoms with E-state index in [4.69, 9.17) is 21.0 Å². The van der Waals surface area contributed by atoms with Gasteiger partial charge >= 0.3 is 0 Å². The molecule has 0 radical (unpaired) electrons. The first-order valence-electron chi connectivity index (χ1n) is 5.92. The molecule has 0 saturated heterocycles. The summed E-state index contributed by atoms with van der Waals surface area (Å²) in [5, 5.41) is 11.8. The van der Waals surface area contributed by atoms with Gasteiger partial charge in [0, 0.05) is 18.7 Å². The van der Waals surface area contributed by atoms with Crippen molar-refractivity contribution in [3.05, 3.63) is 29.8 Å². The predicted molar refractivity (Wildman–Crippen MR) is 70.4 cm³/mol. The van der Waals surface area contributed by atoms with E-state index in [1.807, 2.05) is 24.3 Å². The number of hydrogen-bond donors (Lipinski definition) is 2. The van der Waals surface area contributed by atoms with Crippen molar-refractivity contribution in [2.45, 2.75) is 6.54 Å². The molecular formula is C14H19NO3. The van der Waals surface area contributed by atoms with E-state index in [0.29, 0.717) is 19.8 Å². The third kappa shape index (κ3) is 5.69. The fraction of sp³-hybridized carbons (Fsp3) is 0.429. The van der Waals surface area contributed by atoms with Gasteiger partial charge < -0.3 is 19.9 Å². The molecule has 0 unspecified atom stereocenters. The van der Waals surface area contributed by atoms with Crippen LogP contribution in [-0.4, -0.2) is 38.1 Å².